The Morgan fingerprint density at radius 1 is 1.14 bits per heavy atom. The van der Waals surface area contributed by atoms with Gasteiger partial charge in [-0.3, -0.25) is 29.4 Å². The molecule has 0 radical (unpaired) electrons. The van der Waals surface area contributed by atoms with Crippen molar-refractivity contribution in [3.05, 3.63) is 74.3 Å². The first-order valence-corrected chi connectivity index (χ1v) is 9.24. The minimum Gasteiger partial charge on any atom is -0.337 e. The fraction of sp³-hybridized carbons (Fsp3) is 0.250. The Balaban J connectivity index is 1.68. The van der Waals surface area contributed by atoms with Crippen molar-refractivity contribution in [2.75, 3.05) is 7.05 Å². The molecule has 0 bridgehead atoms. The number of amides is 3. The minimum absolute atomic E-state index is 0.0967. The molecule has 150 valence electrons. The highest BCUT2D eigenvalue weighted by molar-refractivity contribution is 6.31. The molecule has 29 heavy (non-hydrogen) atoms. The number of hydrogen-bond acceptors (Lipinski definition) is 5. The number of rotatable bonds is 6. The summed E-state index contributed by atoms with van der Waals surface area (Å²) in [6.45, 7) is 0.295. The lowest BCUT2D eigenvalue weighted by molar-refractivity contribution is -0.384. The third-order valence-corrected chi connectivity index (χ3v) is 5.06. The highest BCUT2D eigenvalue weighted by Crippen LogP contribution is 2.24. The van der Waals surface area contributed by atoms with Gasteiger partial charge in [-0.15, -0.1) is 0 Å². The quantitative estimate of drug-likeness (QED) is 0.409. The zero-order chi connectivity index (χ0) is 21.1. The third-order valence-electron chi connectivity index (χ3n) is 4.69. The Hall–Kier alpha value is -3.26. The first kappa shape index (κ1) is 20.5. The zero-order valence-corrected chi connectivity index (χ0v) is 16.4. The lowest BCUT2D eigenvalue weighted by atomic mass is 10.1. The van der Waals surface area contributed by atoms with Gasteiger partial charge >= 0.3 is 0 Å². The predicted molar refractivity (Wildman–Crippen MR) is 105 cm³/mol. The van der Waals surface area contributed by atoms with E-state index < -0.39 is 4.92 Å². The van der Waals surface area contributed by atoms with Crippen LogP contribution in [0.5, 0.6) is 0 Å². The van der Waals surface area contributed by atoms with E-state index in [0.29, 0.717) is 16.1 Å². The Labute approximate surface area is 171 Å². The van der Waals surface area contributed by atoms with E-state index in [2.05, 4.69) is 0 Å². The maximum absolute atomic E-state index is 12.7. The second kappa shape index (κ2) is 8.40. The van der Waals surface area contributed by atoms with Crippen molar-refractivity contribution in [2.24, 2.45) is 0 Å². The lowest BCUT2D eigenvalue weighted by Crippen LogP contribution is -2.28. The largest absolute Gasteiger partial charge is 0.337 e. The van der Waals surface area contributed by atoms with Gasteiger partial charge < -0.3 is 4.90 Å². The molecular formula is C20H18ClN3O5. The molecule has 1 heterocycles. The number of likely N-dealkylation sites (tertiary alicyclic amines) is 1. The number of nitro benzene ring substituents is 1. The molecule has 0 saturated carbocycles. The van der Waals surface area contributed by atoms with Crippen LogP contribution in [0.1, 0.15) is 34.3 Å². The van der Waals surface area contributed by atoms with Crippen molar-refractivity contribution >= 4 is 35.0 Å². The van der Waals surface area contributed by atoms with E-state index in [-0.39, 0.29) is 49.3 Å². The molecule has 0 spiro atoms. The second-order valence-electron chi connectivity index (χ2n) is 6.76. The van der Waals surface area contributed by atoms with Gasteiger partial charge in [0.1, 0.15) is 0 Å². The molecule has 0 N–H and O–H groups in total. The molecule has 9 heteroatoms. The summed E-state index contributed by atoms with van der Waals surface area (Å²) in [5.41, 5.74) is 1.53. The smallest absolute Gasteiger partial charge is 0.269 e. The van der Waals surface area contributed by atoms with Gasteiger partial charge in [0, 0.05) is 49.2 Å². The second-order valence-corrected chi connectivity index (χ2v) is 7.17. The number of benzene rings is 2. The molecule has 1 aliphatic rings. The Morgan fingerprint density at radius 2 is 1.76 bits per heavy atom. The molecule has 1 saturated heterocycles. The van der Waals surface area contributed by atoms with Crippen LogP contribution in [0.2, 0.25) is 5.02 Å². The minimum atomic E-state index is -0.518. The van der Waals surface area contributed by atoms with Crippen molar-refractivity contribution < 1.29 is 19.3 Å². The number of hydrogen-bond donors (Lipinski definition) is 0. The number of nitro groups is 1. The van der Waals surface area contributed by atoms with E-state index in [4.69, 9.17) is 11.6 Å². The summed E-state index contributed by atoms with van der Waals surface area (Å²) >= 11 is 6.10. The highest BCUT2D eigenvalue weighted by Gasteiger charge is 2.28. The van der Waals surface area contributed by atoms with Gasteiger partial charge in [0.15, 0.2) is 0 Å². The topological polar surface area (TPSA) is 101 Å². The Kier molecular flexibility index (Phi) is 5.93. The predicted octanol–water partition coefficient (Wildman–Crippen LogP) is 3.17. The van der Waals surface area contributed by atoms with E-state index in [1.165, 1.54) is 28.0 Å². The lowest BCUT2D eigenvalue weighted by Gasteiger charge is -2.19. The summed E-state index contributed by atoms with van der Waals surface area (Å²) in [4.78, 5) is 49.1. The van der Waals surface area contributed by atoms with E-state index in [1.54, 1.807) is 31.3 Å². The van der Waals surface area contributed by atoms with Gasteiger partial charge in [0.2, 0.25) is 11.8 Å². The number of carbonyl (C=O) groups is 3. The monoisotopic (exact) mass is 415 g/mol. The fourth-order valence-electron chi connectivity index (χ4n) is 3.08. The molecule has 1 aliphatic heterocycles. The Morgan fingerprint density at radius 3 is 2.34 bits per heavy atom. The summed E-state index contributed by atoms with van der Waals surface area (Å²) in [6, 6.07) is 10.7. The van der Waals surface area contributed by atoms with Crippen LogP contribution in [-0.4, -0.2) is 39.5 Å². The van der Waals surface area contributed by atoms with Crippen LogP contribution >= 0.6 is 11.6 Å². The fourth-order valence-corrected chi connectivity index (χ4v) is 3.26. The average Bonchev–Trinajstić information content (AvgIpc) is 3.01. The number of halogens is 1. The van der Waals surface area contributed by atoms with Gasteiger partial charge in [-0.05, 0) is 29.3 Å². The highest BCUT2D eigenvalue weighted by atomic mass is 35.5. The zero-order valence-electron chi connectivity index (χ0n) is 15.6. The van der Waals surface area contributed by atoms with E-state index in [0.717, 1.165) is 5.56 Å². The maximum Gasteiger partial charge on any atom is 0.269 e. The summed E-state index contributed by atoms with van der Waals surface area (Å²) in [5.74, 6) is -0.667. The van der Waals surface area contributed by atoms with Crippen molar-refractivity contribution in [1.29, 1.82) is 0 Å². The molecule has 0 aliphatic carbocycles. The molecule has 0 atom stereocenters. The van der Waals surface area contributed by atoms with Crippen LogP contribution in [0, 0.1) is 10.1 Å². The van der Waals surface area contributed by atoms with E-state index in [9.17, 15) is 24.5 Å². The molecule has 0 unspecified atom stereocenters. The van der Waals surface area contributed by atoms with Gasteiger partial charge in [-0.2, -0.15) is 0 Å². The van der Waals surface area contributed by atoms with Crippen LogP contribution in [-0.2, 0) is 22.7 Å². The molecule has 2 aromatic rings. The van der Waals surface area contributed by atoms with Crippen LogP contribution in [0.25, 0.3) is 0 Å². The van der Waals surface area contributed by atoms with Gasteiger partial charge in [-0.1, -0.05) is 23.7 Å². The third kappa shape index (κ3) is 4.60. The van der Waals surface area contributed by atoms with Crippen LogP contribution in [0.3, 0.4) is 0 Å². The number of nitrogens with zero attached hydrogens (tertiary/aromatic N) is 3. The van der Waals surface area contributed by atoms with Crippen molar-refractivity contribution in [2.45, 2.75) is 25.9 Å². The first-order chi connectivity index (χ1) is 13.8. The van der Waals surface area contributed by atoms with E-state index in [1.807, 2.05) is 0 Å². The molecule has 3 amide bonds. The average molecular weight is 416 g/mol. The van der Waals surface area contributed by atoms with Gasteiger partial charge in [0.25, 0.3) is 11.6 Å². The molecular weight excluding hydrogens is 398 g/mol. The van der Waals surface area contributed by atoms with Gasteiger partial charge in [-0.25, -0.2) is 0 Å². The molecule has 3 rings (SSSR count). The van der Waals surface area contributed by atoms with E-state index >= 15 is 0 Å². The standard InChI is InChI=1S/C20H18ClN3O5/c1-22(12-15-10-16(24(28)29)6-7-17(15)21)20(27)14-4-2-13(3-5-14)11-23-18(25)8-9-19(23)26/h2-7,10H,8-9,11-12H2,1H3. The normalized spacial score (nSPS) is 13.7. The van der Waals surface area contributed by atoms with Crippen molar-refractivity contribution in [3.8, 4) is 0 Å². The molecule has 1 fully saturated rings. The van der Waals surface area contributed by atoms with Gasteiger partial charge in [0.05, 0.1) is 11.5 Å². The SMILES string of the molecule is CN(Cc1cc([N+](=O)[O-])ccc1Cl)C(=O)c1ccc(CN2C(=O)CCC2=O)cc1. The summed E-state index contributed by atoms with van der Waals surface area (Å²) in [5, 5.41) is 11.3. The molecule has 0 aromatic heterocycles. The van der Waals surface area contributed by atoms with Crippen LogP contribution in [0.4, 0.5) is 5.69 Å². The number of non-ortho nitro benzene ring substituents is 1. The number of imide groups is 1. The van der Waals surface area contributed by atoms with Crippen molar-refractivity contribution in [1.82, 2.24) is 9.80 Å². The first-order valence-electron chi connectivity index (χ1n) is 8.86. The Bertz CT molecular complexity index is 974. The maximum atomic E-state index is 12.7. The molecule has 2 aromatic carbocycles. The van der Waals surface area contributed by atoms with Crippen LogP contribution < -0.4 is 0 Å². The summed E-state index contributed by atoms with van der Waals surface area (Å²) < 4.78 is 0. The van der Waals surface area contributed by atoms with Crippen LogP contribution in [0.15, 0.2) is 42.5 Å². The summed E-state index contributed by atoms with van der Waals surface area (Å²) in [7, 11) is 1.58. The van der Waals surface area contributed by atoms with Crippen molar-refractivity contribution in [3.63, 3.8) is 0 Å². The molecule has 8 nitrogen and oxygen atoms in total. The summed E-state index contributed by atoms with van der Waals surface area (Å²) in [6.07, 6.45) is 0.473. The number of carbonyl (C=O) groups excluding carboxylic acids is 3.